The second kappa shape index (κ2) is 9.14. The second-order valence-corrected chi connectivity index (χ2v) is 7.25. The number of carbonyl (C=O) groups excluding carboxylic acids is 1. The fraction of sp³-hybridized carbons (Fsp3) is 0.450. The van der Waals surface area contributed by atoms with Crippen LogP contribution in [0.15, 0.2) is 24.4 Å². The van der Waals surface area contributed by atoms with Gasteiger partial charge in [0.2, 0.25) is 5.95 Å². The fourth-order valence-electron chi connectivity index (χ4n) is 3.02. The first kappa shape index (κ1) is 20.2. The fourth-order valence-corrected chi connectivity index (χ4v) is 3.02. The third-order valence-electron chi connectivity index (χ3n) is 4.79. The standard InChI is InChI=1S/C20H26N6O4/c1-28-6-7-29-14-9-22-16-8-13(4-5-17(16)30-11-14)25-20-23-10-15(18(21)27)19(26-20)24-12-2-3-12/h4-5,8,10,12,14,22H,2-3,6-7,9,11H2,1H3,(H2,21,27)(H2,23,24,25,26)/t14-/m1/s1. The third kappa shape index (κ3) is 5.08. The van der Waals surface area contributed by atoms with Crippen LogP contribution in [0.1, 0.15) is 23.2 Å². The molecule has 0 unspecified atom stereocenters. The molecule has 0 radical (unpaired) electrons. The molecule has 1 aliphatic heterocycles. The van der Waals surface area contributed by atoms with Crippen LogP contribution in [-0.2, 0) is 9.47 Å². The Morgan fingerprint density at radius 3 is 3.00 bits per heavy atom. The predicted molar refractivity (Wildman–Crippen MR) is 113 cm³/mol. The molecule has 2 aliphatic rings. The number of benzene rings is 1. The van der Waals surface area contributed by atoms with Gasteiger partial charge in [0.1, 0.15) is 24.3 Å². The highest BCUT2D eigenvalue weighted by atomic mass is 16.5. The SMILES string of the molecule is COCCO[C@@H]1CNc2cc(Nc3ncc(C(N)=O)c(NC4CC4)n3)ccc2OC1. The summed E-state index contributed by atoms with van der Waals surface area (Å²) in [4.78, 5) is 20.3. The van der Waals surface area contributed by atoms with Crippen LogP contribution < -0.4 is 26.4 Å². The molecule has 0 saturated heterocycles. The number of anilines is 4. The molecule has 5 N–H and O–H groups in total. The van der Waals surface area contributed by atoms with E-state index in [4.69, 9.17) is 19.9 Å². The first-order chi connectivity index (χ1) is 14.6. The van der Waals surface area contributed by atoms with E-state index in [2.05, 4.69) is 25.9 Å². The summed E-state index contributed by atoms with van der Waals surface area (Å²) in [5.41, 5.74) is 7.35. The molecule has 1 aromatic heterocycles. The number of ether oxygens (including phenoxy) is 3. The molecule has 10 heteroatoms. The van der Waals surface area contributed by atoms with Gasteiger partial charge in [-0.2, -0.15) is 4.98 Å². The van der Waals surface area contributed by atoms with Crippen molar-refractivity contribution in [3.8, 4) is 5.75 Å². The largest absolute Gasteiger partial charge is 0.489 e. The summed E-state index contributed by atoms with van der Waals surface area (Å²) in [6, 6.07) is 6.01. The molecular weight excluding hydrogens is 388 g/mol. The number of primary amides is 1. The van der Waals surface area contributed by atoms with Gasteiger partial charge < -0.3 is 35.9 Å². The number of nitrogens with one attached hydrogen (secondary N) is 3. The van der Waals surface area contributed by atoms with Crippen molar-refractivity contribution >= 4 is 29.0 Å². The molecule has 1 fully saturated rings. The van der Waals surface area contributed by atoms with Crippen LogP contribution >= 0.6 is 0 Å². The monoisotopic (exact) mass is 414 g/mol. The lowest BCUT2D eigenvalue weighted by Gasteiger charge is -2.14. The van der Waals surface area contributed by atoms with Crippen molar-refractivity contribution in [1.82, 2.24) is 9.97 Å². The van der Waals surface area contributed by atoms with Crippen LogP contribution in [0.4, 0.5) is 23.1 Å². The zero-order valence-electron chi connectivity index (χ0n) is 16.8. The summed E-state index contributed by atoms with van der Waals surface area (Å²) in [7, 11) is 1.64. The zero-order chi connectivity index (χ0) is 20.9. The lowest BCUT2D eigenvalue weighted by atomic mass is 10.2. The highest BCUT2D eigenvalue weighted by Crippen LogP contribution is 2.31. The van der Waals surface area contributed by atoms with Crippen LogP contribution in [0.25, 0.3) is 0 Å². The Labute approximate surface area is 174 Å². The Kier molecular flexibility index (Phi) is 6.15. The highest BCUT2D eigenvalue weighted by Gasteiger charge is 2.24. The summed E-state index contributed by atoms with van der Waals surface area (Å²) in [6.45, 7) is 2.15. The smallest absolute Gasteiger partial charge is 0.254 e. The molecule has 0 bridgehead atoms. The quantitative estimate of drug-likeness (QED) is 0.453. The van der Waals surface area contributed by atoms with E-state index in [0.717, 1.165) is 30.0 Å². The average molecular weight is 414 g/mol. The Morgan fingerprint density at radius 2 is 2.23 bits per heavy atom. The lowest BCUT2D eigenvalue weighted by molar-refractivity contribution is 0.00342. The van der Waals surface area contributed by atoms with Crippen molar-refractivity contribution in [2.75, 3.05) is 49.4 Å². The van der Waals surface area contributed by atoms with Crippen LogP contribution in [0, 0.1) is 0 Å². The maximum absolute atomic E-state index is 11.6. The van der Waals surface area contributed by atoms with Gasteiger partial charge in [-0.3, -0.25) is 4.79 Å². The summed E-state index contributed by atoms with van der Waals surface area (Å²) in [6.07, 6.45) is 3.48. The molecule has 10 nitrogen and oxygen atoms in total. The summed E-state index contributed by atoms with van der Waals surface area (Å²) in [5.74, 6) is 1.02. The van der Waals surface area contributed by atoms with E-state index in [0.29, 0.717) is 44.2 Å². The number of nitrogens with zero attached hydrogens (tertiary/aromatic N) is 2. The summed E-state index contributed by atoms with van der Waals surface area (Å²) >= 11 is 0. The topological polar surface area (TPSA) is 133 Å². The van der Waals surface area contributed by atoms with E-state index < -0.39 is 5.91 Å². The molecule has 1 atom stereocenters. The Bertz CT molecular complexity index is 905. The van der Waals surface area contributed by atoms with Gasteiger partial charge in [-0.15, -0.1) is 0 Å². The van der Waals surface area contributed by atoms with Gasteiger partial charge in [0.25, 0.3) is 5.91 Å². The molecule has 160 valence electrons. The molecule has 1 aliphatic carbocycles. The van der Waals surface area contributed by atoms with E-state index in [-0.39, 0.29) is 11.7 Å². The first-order valence-corrected chi connectivity index (χ1v) is 9.94. The van der Waals surface area contributed by atoms with E-state index in [1.165, 1.54) is 6.20 Å². The summed E-state index contributed by atoms with van der Waals surface area (Å²) in [5, 5.41) is 9.75. The van der Waals surface area contributed by atoms with E-state index in [1.54, 1.807) is 7.11 Å². The molecule has 2 heterocycles. The minimum Gasteiger partial charge on any atom is -0.489 e. The lowest BCUT2D eigenvalue weighted by Crippen LogP contribution is -2.28. The van der Waals surface area contributed by atoms with Crippen molar-refractivity contribution in [1.29, 1.82) is 0 Å². The average Bonchev–Trinajstić information content (AvgIpc) is 3.56. The van der Waals surface area contributed by atoms with Gasteiger partial charge in [-0.25, -0.2) is 4.98 Å². The zero-order valence-corrected chi connectivity index (χ0v) is 16.8. The van der Waals surface area contributed by atoms with Gasteiger partial charge in [-0.1, -0.05) is 0 Å². The normalized spacial score (nSPS) is 17.8. The summed E-state index contributed by atoms with van der Waals surface area (Å²) < 4.78 is 16.6. The highest BCUT2D eigenvalue weighted by molar-refractivity contribution is 5.97. The third-order valence-corrected chi connectivity index (χ3v) is 4.79. The van der Waals surface area contributed by atoms with E-state index >= 15 is 0 Å². The number of amides is 1. The van der Waals surface area contributed by atoms with Crippen LogP contribution in [0.5, 0.6) is 5.75 Å². The number of fused-ring (bicyclic) bond motifs is 1. The molecule has 1 amide bonds. The van der Waals surface area contributed by atoms with Crippen LogP contribution in [-0.4, -0.2) is 61.5 Å². The number of nitrogens with two attached hydrogens (primary N) is 1. The Morgan fingerprint density at radius 1 is 1.37 bits per heavy atom. The minimum absolute atomic E-state index is 0.0651. The Balaban J connectivity index is 1.44. The number of methoxy groups -OCH3 is 1. The molecule has 4 rings (SSSR count). The van der Waals surface area contributed by atoms with Gasteiger partial charge in [0, 0.05) is 31.6 Å². The Hall–Kier alpha value is -3.11. The number of rotatable bonds is 9. The molecule has 0 spiro atoms. The van der Waals surface area contributed by atoms with Gasteiger partial charge >= 0.3 is 0 Å². The van der Waals surface area contributed by atoms with Gasteiger partial charge in [-0.05, 0) is 31.0 Å². The molecule has 1 saturated carbocycles. The number of carbonyl (C=O) groups is 1. The van der Waals surface area contributed by atoms with Gasteiger partial charge in [0.15, 0.2) is 0 Å². The molecule has 30 heavy (non-hydrogen) atoms. The van der Waals surface area contributed by atoms with E-state index in [9.17, 15) is 4.79 Å². The molecule has 1 aromatic carbocycles. The number of hydrogen-bond donors (Lipinski definition) is 4. The van der Waals surface area contributed by atoms with Crippen molar-refractivity contribution < 1.29 is 19.0 Å². The molecule has 2 aromatic rings. The van der Waals surface area contributed by atoms with Gasteiger partial charge in [0.05, 0.1) is 24.5 Å². The van der Waals surface area contributed by atoms with Crippen molar-refractivity contribution in [2.45, 2.75) is 25.0 Å². The second-order valence-electron chi connectivity index (χ2n) is 7.25. The maximum atomic E-state index is 11.6. The van der Waals surface area contributed by atoms with Crippen molar-refractivity contribution in [3.63, 3.8) is 0 Å². The van der Waals surface area contributed by atoms with Crippen LogP contribution in [0.3, 0.4) is 0 Å². The maximum Gasteiger partial charge on any atom is 0.254 e. The predicted octanol–water partition coefficient (Wildman–Crippen LogP) is 1.73. The van der Waals surface area contributed by atoms with Crippen molar-refractivity contribution in [2.24, 2.45) is 5.73 Å². The minimum atomic E-state index is -0.557. The number of aromatic nitrogens is 2. The first-order valence-electron chi connectivity index (χ1n) is 9.94. The molecular formula is C20H26N6O4. The van der Waals surface area contributed by atoms with Crippen LogP contribution in [0.2, 0.25) is 0 Å². The number of hydrogen-bond acceptors (Lipinski definition) is 9. The van der Waals surface area contributed by atoms with E-state index in [1.807, 2.05) is 18.2 Å². The van der Waals surface area contributed by atoms with Crippen molar-refractivity contribution in [3.05, 3.63) is 30.0 Å².